The molecule has 0 saturated heterocycles. The van der Waals surface area contributed by atoms with Gasteiger partial charge in [0, 0.05) is 19.3 Å². The average Bonchev–Trinajstić information content (AvgIpc) is 2.31. The molecular weight excluding hydrogens is 217 g/mol. The Morgan fingerprint density at radius 3 is 2.71 bits per heavy atom. The Labute approximate surface area is 103 Å². The average molecular weight is 239 g/mol. The zero-order valence-corrected chi connectivity index (χ0v) is 10.9. The van der Waals surface area contributed by atoms with Crippen LogP contribution in [0, 0.1) is 12.7 Å². The predicted octanol–water partition coefficient (Wildman–Crippen LogP) is 3.21. The molecule has 1 atom stereocenters. The van der Waals surface area contributed by atoms with Gasteiger partial charge in [0.15, 0.2) is 0 Å². The van der Waals surface area contributed by atoms with E-state index >= 15 is 0 Å². The third kappa shape index (κ3) is 4.44. The number of benzene rings is 1. The molecular formula is C14H22FNO. The number of halogens is 1. The van der Waals surface area contributed by atoms with Crippen LogP contribution in [0.15, 0.2) is 18.2 Å². The van der Waals surface area contributed by atoms with E-state index in [1.54, 1.807) is 6.07 Å². The van der Waals surface area contributed by atoms with Gasteiger partial charge >= 0.3 is 0 Å². The summed E-state index contributed by atoms with van der Waals surface area (Å²) in [6.45, 7) is 5.57. The van der Waals surface area contributed by atoms with Gasteiger partial charge in [0.25, 0.3) is 0 Å². The minimum Gasteiger partial charge on any atom is -0.381 e. The number of ether oxygens (including phenoxy) is 1. The number of hydrogen-bond acceptors (Lipinski definition) is 2. The Balaban J connectivity index is 2.59. The summed E-state index contributed by atoms with van der Waals surface area (Å²) in [5, 5.41) is 3.25. The molecule has 0 amide bonds. The molecule has 0 aliphatic carbocycles. The van der Waals surface area contributed by atoms with Crippen molar-refractivity contribution in [1.29, 1.82) is 0 Å². The van der Waals surface area contributed by atoms with Crippen LogP contribution in [-0.2, 0) is 4.74 Å². The van der Waals surface area contributed by atoms with E-state index in [4.69, 9.17) is 4.74 Å². The summed E-state index contributed by atoms with van der Waals surface area (Å²) in [6.07, 6.45) is 1.95. The van der Waals surface area contributed by atoms with Crippen LogP contribution in [0.4, 0.5) is 4.39 Å². The van der Waals surface area contributed by atoms with E-state index in [2.05, 4.69) is 12.2 Å². The first-order chi connectivity index (χ1) is 8.19. The topological polar surface area (TPSA) is 21.3 Å². The molecule has 0 heterocycles. The molecule has 1 rings (SSSR count). The molecule has 1 aromatic carbocycles. The lowest BCUT2D eigenvalue weighted by atomic mass is 9.99. The summed E-state index contributed by atoms with van der Waals surface area (Å²) >= 11 is 0. The first-order valence-electron chi connectivity index (χ1n) is 6.20. The maximum Gasteiger partial charge on any atom is 0.123 e. The first-order valence-corrected chi connectivity index (χ1v) is 6.20. The van der Waals surface area contributed by atoms with Crippen LogP contribution in [0.1, 0.15) is 36.9 Å². The van der Waals surface area contributed by atoms with Gasteiger partial charge in [0.1, 0.15) is 5.82 Å². The highest BCUT2D eigenvalue weighted by Crippen LogP contribution is 2.21. The van der Waals surface area contributed by atoms with Crippen molar-refractivity contribution in [2.45, 2.75) is 32.7 Å². The molecule has 2 nitrogen and oxygen atoms in total. The monoisotopic (exact) mass is 239 g/mol. The standard InChI is InChI=1S/C14H22FNO/c1-4-8-17-9-7-14(16-3)13-6-5-12(15)10-11(13)2/h5-6,10,14,16H,4,7-9H2,1-3H3. The lowest BCUT2D eigenvalue weighted by Gasteiger charge is -2.18. The molecule has 0 aromatic heterocycles. The zero-order valence-electron chi connectivity index (χ0n) is 10.9. The van der Waals surface area contributed by atoms with Crippen LogP contribution in [0.5, 0.6) is 0 Å². The zero-order chi connectivity index (χ0) is 12.7. The molecule has 0 aliphatic heterocycles. The fourth-order valence-corrected chi connectivity index (χ4v) is 1.93. The van der Waals surface area contributed by atoms with Crippen molar-refractivity contribution >= 4 is 0 Å². The fraction of sp³-hybridized carbons (Fsp3) is 0.571. The molecule has 0 bridgehead atoms. The third-order valence-electron chi connectivity index (χ3n) is 2.86. The maximum atomic E-state index is 13.0. The van der Waals surface area contributed by atoms with Crippen molar-refractivity contribution in [3.63, 3.8) is 0 Å². The largest absolute Gasteiger partial charge is 0.381 e. The van der Waals surface area contributed by atoms with Crippen molar-refractivity contribution in [3.05, 3.63) is 35.1 Å². The molecule has 1 aromatic rings. The van der Waals surface area contributed by atoms with E-state index in [-0.39, 0.29) is 11.9 Å². The van der Waals surface area contributed by atoms with Gasteiger partial charge in [-0.1, -0.05) is 13.0 Å². The van der Waals surface area contributed by atoms with Crippen LogP contribution in [0.2, 0.25) is 0 Å². The van der Waals surface area contributed by atoms with Crippen molar-refractivity contribution < 1.29 is 9.13 Å². The molecule has 1 unspecified atom stereocenters. The van der Waals surface area contributed by atoms with Gasteiger partial charge in [-0.3, -0.25) is 0 Å². The van der Waals surface area contributed by atoms with Crippen molar-refractivity contribution in [1.82, 2.24) is 5.32 Å². The van der Waals surface area contributed by atoms with E-state index in [0.717, 1.165) is 37.2 Å². The molecule has 0 spiro atoms. The second-order valence-electron chi connectivity index (χ2n) is 4.24. The Hall–Kier alpha value is -0.930. The molecule has 0 fully saturated rings. The van der Waals surface area contributed by atoms with Gasteiger partial charge in [0.2, 0.25) is 0 Å². The highest BCUT2D eigenvalue weighted by molar-refractivity contribution is 5.29. The van der Waals surface area contributed by atoms with Crippen LogP contribution < -0.4 is 5.32 Å². The highest BCUT2D eigenvalue weighted by atomic mass is 19.1. The fourth-order valence-electron chi connectivity index (χ4n) is 1.93. The van der Waals surface area contributed by atoms with Gasteiger partial charge in [0.05, 0.1) is 0 Å². The minimum atomic E-state index is -0.177. The van der Waals surface area contributed by atoms with Crippen LogP contribution in [0.3, 0.4) is 0 Å². The van der Waals surface area contributed by atoms with Gasteiger partial charge < -0.3 is 10.1 Å². The summed E-state index contributed by atoms with van der Waals surface area (Å²) in [6, 6.07) is 5.17. The normalized spacial score (nSPS) is 12.7. The Bertz CT molecular complexity index is 341. The summed E-state index contributed by atoms with van der Waals surface area (Å²) in [4.78, 5) is 0. The molecule has 0 saturated carbocycles. The summed E-state index contributed by atoms with van der Waals surface area (Å²) in [5.74, 6) is -0.177. The maximum absolute atomic E-state index is 13.0. The van der Waals surface area contributed by atoms with E-state index < -0.39 is 0 Å². The van der Waals surface area contributed by atoms with Crippen molar-refractivity contribution in [3.8, 4) is 0 Å². The molecule has 17 heavy (non-hydrogen) atoms. The molecule has 0 radical (unpaired) electrons. The van der Waals surface area contributed by atoms with Crippen LogP contribution in [-0.4, -0.2) is 20.3 Å². The van der Waals surface area contributed by atoms with Crippen LogP contribution >= 0.6 is 0 Å². The number of hydrogen-bond donors (Lipinski definition) is 1. The Kier molecular flexibility index (Phi) is 6.16. The van der Waals surface area contributed by atoms with Gasteiger partial charge in [-0.25, -0.2) is 4.39 Å². The third-order valence-corrected chi connectivity index (χ3v) is 2.86. The Morgan fingerprint density at radius 2 is 2.12 bits per heavy atom. The lowest BCUT2D eigenvalue weighted by molar-refractivity contribution is 0.125. The quantitative estimate of drug-likeness (QED) is 0.738. The van der Waals surface area contributed by atoms with E-state index in [1.165, 1.54) is 6.07 Å². The number of rotatable bonds is 7. The minimum absolute atomic E-state index is 0.177. The first kappa shape index (κ1) is 14.1. The lowest BCUT2D eigenvalue weighted by Crippen LogP contribution is -2.19. The van der Waals surface area contributed by atoms with E-state index in [0.29, 0.717) is 0 Å². The van der Waals surface area contributed by atoms with Crippen LogP contribution in [0.25, 0.3) is 0 Å². The summed E-state index contributed by atoms with van der Waals surface area (Å²) < 4.78 is 18.5. The smallest absolute Gasteiger partial charge is 0.123 e. The molecule has 3 heteroatoms. The van der Waals surface area contributed by atoms with E-state index in [1.807, 2.05) is 20.0 Å². The Morgan fingerprint density at radius 1 is 1.35 bits per heavy atom. The van der Waals surface area contributed by atoms with Gasteiger partial charge in [-0.2, -0.15) is 0 Å². The van der Waals surface area contributed by atoms with Gasteiger partial charge in [-0.15, -0.1) is 0 Å². The predicted molar refractivity (Wildman–Crippen MR) is 68.7 cm³/mol. The molecule has 96 valence electrons. The molecule has 0 aliphatic rings. The van der Waals surface area contributed by atoms with Gasteiger partial charge in [-0.05, 0) is 50.1 Å². The van der Waals surface area contributed by atoms with Crippen molar-refractivity contribution in [2.24, 2.45) is 0 Å². The van der Waals surface area contributed by atoms with E-state index in [9.17, 15) is 4.39 Å². The summed E-state index contributed by atoms with van der Waals surface area (Å²) in [7, 11) is 1.92. The number of aryl methyl sites for hydroxylation is 1. The SMILES string of the molecule is CCCOCCC(NC)c1ccc(F)cc1C. The number of nitrogens with one attached hydrogen (secondary N) is 1. The second-order valence-corrected chi connectivity index (χ2v) is 4.24. The molecule has 1 N–H and O–H groups in total. The highest BCUT2D eigenvalue weighted by Gasteiger charge is 2.11. The summed E-state index contributed by atoms with van der Waals surface area (Å²) in [5.41, 5.74) is 2.13. The second kappa shape index (κ2) is 7.41. The van der Waals surface area contributed by atoms with Crippen molar-refractivity contribution in [2.75, 3.05) is 20.3 Å².